The van der Waals surface area contributed by atoms with Crippen molar-refractivity contribution in [1.82, 2.24) is 19.3 Å². The van der Waals surface area contributed by atoms with Gasteiger partial charge in [0.25, 0.3) is 5.56 Å². The number of fused-ring (bicyclic) bond motifs is 1. The van der Waals surface area contributed by atoms with Crippen LogP contribution in [0, 0.1) is 13.8 Å². The summed E-state index contributed by atoms with van der Waals surface area (Å²) >= 11 is 0. The zero-order chi connectivity index (χ0) is 22.4. The Morgan fingerprint density at radius 2 is 1.88 bits per heavy atom. The van der Waals surface area contributed by atoms with Gasteiger partial charge in [0.1, 0.15) is 0 Å². The SMILES string of the molecule is Cc1c(Cc2ccc(-c3ccn(C)n3)cc2)cc2c(=O)n(C3CCCC3O)cnc2c1C. The highest BCUT2D eigenvalue weighted by Gasteiger charge is 2.28. The van der Waals surface area contributed by atoms with Crippen molar-refractivity contribution >= 4 is 10.9 Å². The molecule has 4 aromatic rings. The van der Waals surface area contributed by atoms with E-state index in [1.54, 1.807) is 15.6 Å². The van der Waals surface area contributed by atoms with Gasteiger partial charge in [-0.2, -0.15) is 5.10 Å². The maximum atomic E-state index is 13.3. The number of rotatable bonds is 4. The van der Waals surface area contributed by atoms with E-state index >= 15 is 0 Å². The summed E-state index contributed by atoms with van der Waals surface area (Å²) in [5.41, 5.74) is 7.25. The third-order valence-electron chi connectivity index (χ3n) is 6.91. The zero-order valence-electron chi connectivity index (χ0n) is 18.7. The number of hydrogen-bond acceptors (Lipinski definition) is 4. The zero-order valence-corrected chi connectivity index (χ0v) is 18.7. The lowest BCUT2D eigenvalue weighted by molar-refractivity contribution is 0.134. The van der Waals surface area contributed by atoms with Gasteiger partial charge in [-0.3, -0.25) is 14.0 Å². The molecule has 0 bridgehead atoms. The van der Waals surface area contributed by atoms with Gasteiger partial charge in [-0.15, -0.1) is 0 Å². The lowest BCUT2D eigenvalue weighted by Crippen LogP contribution is -2.29. The van der Waals surface area contributed by atoms with Crippen molar-refractivity contribution in [2.24, 2.45) is 7.05 Å². The van der Waals surface area contributed by atoms with Crippen LogP contribution < -0.4 is 5.56 Å². The van der Waals surface area contributed by atoms with E-state index in [0.717, 1.165) is 59.1 Å². The molecule has 1 saturated carbocycles. The van der Waals surface area contributed by atoms with Crippen LogP contribution in [-0.4, -0.2) is 30.5 Å². The molecule has 2 unspecified atom stereocenters. The molecular weight excluding hydrogens is 400 g/mol. The third-order valence-corrected chi connectivity index (χ3v) is 6.91. The van der Waals surface area contributed by atoms with Crippen LogP contribution in [-0.2, 0) is 13.5 Å². The molecule has 164 valence electrons. The summed E-state index contributed by atoms with van der Waals surface area (Å²) in [5.74, 6) is 0. The van der Waals surface area contributed by atoms with E-state index in [0.29, 0.717) is 5.39 Å². The van der Waals surface area contributed by atoms with E-state index in [1.165, 1.54) is 5.56 Å². The highest BCUT2D eigenvalue weighted by atomic mass is 16.3. The summed E-state index contributed by atoms with van der Waals surface area (Å²) in [6.07, 6.45) is 6.31. The first-order valence-electron chi connectivity index (χ1n) is 11.2. The molecule has 2 aromatic carbocycles. The fourth-order valence-electron chi connectivity index (χ4n) is 4.86. The molecule has 0 aliphatic heterocycles. The standard InChI is InChI=1S/C26H28N4O2/c1-16-17(2)25-21(26(32)30(15-27-25)23-5-4-6-24(23)31)14-20(16)13-18-7-9-19(10-8-18)22-11-12-29(3)28-22/h7-12,14-15,23-24,31H,4-6,13H2,1-3H3. The summed E-state index contributed by atoms with van der Waals surface area (Å²) < 4.78 is 3.44. The van der Waals surface area contributed by atoms with Crippen molar-refractivity contribution in [3.05, 3.63) is 81.5 Å². The van der Waals surface area contributed by atoms with Gasteiger partial charge in [0.2, 0.25) is 0 Å². The van der Waals surface area contributed by atoms with Crippen LogP contribution in [0.3, 0.4) is 0 Å². The van der Waals surface area contributed by atoms with Gasteiger partial charge >= 0.3 is 0 Å². The smallest absolute Gasteiger partial charge is 0.261 e. The van der Waals surface area contributed by atoms with Crippen LogP contribution in [0.15, 0.2) is 53.7 Å². The normalized spacial score (nSPS) is 18.5. The molecule has 0 spiro atoms. The topological polar surface area (TPSA) is 72.9 Å². The molecule has 1 aliphatic rings. The Hall–Kier alpha value is -3.25. The van der Waals surface area contributed by atoms with Crippen molar-refractivity contribution in [3.63, 3.8) is 0 Å². The second-order valence-corrected chi connectivity index (χ2v) is 8.95. The van der Waals surface area contributed by atoms with Gasteiger partial charge in [-0.1, -0.05) is 24.3 Å². The molecule has 6 heteroatoms. The molecule has 1 fully saturated rings. The quantitative estimate of drug-likeness (QED) is 0.531. The summed E-state index contributed by atoms with van der Waals surface area (Å²) in [6, 6.07) is 12.3. The van der Waals surface area contributed by atoms with Crippen LogP contribution in [0.25, 0.3) is 22.2 Å². The molecule has 1 N–H and O–H groups in total. The average molecular weight is 429 g/mol. The van der Waals surface area contributed by atoms with Gasteiger partial charge in [-0.05, 0) is 73.9 Å². The van der Waals surface area contributed by atoms with Crippen molar-refractivity contribution in [2.45, 2.75) is 51.7 Å². The van der Waals surface area contributed by atoms with Crippen molar-refractivity contribution < 1.29 is 5.11 Å². The highest BCUT2D eigenvalue weighted by Crippen LogP contribution is 2.30. The Morgan fingerprint density at radius 1 is 1.09 bits per heavy atom. The molecule has 2 atom stereocenters. The minimum absolute atomic E-state index is 0.0594. The molecule has 2 aromatic heterocycles. The van der Waals surface area contributed by atoms with Crippen molar-refractivity contribution in [1.29, 1.82) is 0 Å². The van der Waals surface area contributed by atoms with Crippen molar-refractivity contribution in [2.75, 3.05) is 0 Å². The number of aromatic nitrogens is 4. The number of benzene rings is 2. The lowest BCUT2D eigenvalue weighted by atomic mass is 9.94. The first kappa shape index (κ1) is 20.6. The number of hydrogen-bond donors (Lipinski definition) is 1. The summed E-state index contributed by atoms with van der Waals surface area (Å²) in [7, 11) is 1.92. The van der Waals surface area contributed by atoms with Gasteiger partial charge in [0, 0.05) is 18.8 Å². The predicted octanol–water partition coefficient (Wildman–Crippen LogP) is 4.09. The predicted molar refractivity (Wildman–Crippen MR) is 126 cm³/mol. The molecule has 0 amide bonds. The Bertz CT molecular complexity index is 1350. The van der Waals surface area contributed by atoms with Crippen LogP contribution >= 0.6 is 0 Å². The minimum Gasteiger partial charge on any atom is -0.391 e. The molecule has 0 radical (unpaired) electrons. The maximum absolute atomic E-state index is 13.3. The second kappa shape index (κ2) is 8.02. The van der Waals surface area contributed by atoms with Crippen LogP contribution in [0.4, 0.5) is 0 Å². The van der Waals surface area contributed by atoms with E-state index in [-0.39, 0.29) is 11.6 Å². The maximum Gasteiger partial charge on any atom is 0.261 e. The lowest BCUT2D eigenvalue weighted by Gasteiger charge is -2.19. The third kappa shape index (κ3) is 3.54. The fraction of sp³-hybridized carbons (Fsp3) is 0.346. The van der Waals surface area contributed by atoms with E-state index < -0.39 is 6.10 Å². The van der Waals surface area contributed by atoms with Gasteiger partial charge in [0.15, 0.2) is 0 Å². The highest BCUT2D eigenvalue weighted by molar-refractivity contribution is 5.83. The van der Waals surface area contributed by atoms with Crippen LogP contribution in [0.1, 0.15) is 47.6 Å². The minimum atomic E-state index is -0.476. The number of aryl methyl sites for hydroxylation is 2. The monoisotopic (exact) mass is 428 g/mol. The molecule has 1 aliphatic carbocycles. The summed E-state index contributed by atoms with van der Waals surface area (Å²) in [6.45, 7) is 4.13. The van der Waals surface area contributed by atoms with Gasteiger partial charge in [-0.25, -0.2) is 4.98 Å². The van der Waals surface area contributed by atoms with E-state index in [9.17, 15) is 9.90 Å². The number of aliphatic hydroxyl groups excluding tert-OH is 1. The first-order valence-corrected chi connectivity index (χ1v) is 11.2. The molecular formula is C26H28N4O2. The van der Waals surface area contributed by atoms with Gasteiger partial charge in [0.05, 0.1) is 35.1 Å². The second-order valence-electron chi connectivity index (χ2n) is 8.95. The van der Waals surface area contributed by atoms with E-state index in [1.807, 2.05) is 32.3 Å². The van der Waals surface area contributed by atoms with Crippen molar-refractivity contribution in [3.8, 4) is 11.3 Å². The molecule has 5 rings (SSSR count). The first-order chi connectivity index (χ1) is 15.4. The molecule has 0 saturated heterocycles. The number of aliphatic hydroxyl groups is 1. The Labute approximate surface area is 187 Å². The number of nitrogens with zero attached hydrogens (tertiary/aromatic N) is 4. The fourth-order valence-corrected chi connectivity index (χ4v) is 4.86. The molecule has 6 nitrogen and oxygen atoms in total. The Kier molecular flexibility index (Phi) is 5.18. The van der Waals surface area contributed by atoms with Gasteiger partial charge < -0.3 is 5.11 Å². The average Bonchev–Trinajstić information content (AvgIpc) is 3.41. The van der Waals surface area contributed by atoms with E-state index in [4.69, 9.17) is 0 Å². The summed E-state index contributed by atoms with van der Waals surface area (Å²) in [5, 5.41) is 15.4. The van der Waals surface area contributed by atoms with E-state index in [2.05, 4.69) is 41.3 Å². The van der Waals surface area contributed by atoms with Crippen LogP contribution in [0.2, 0.25) is 0 Å². The Morgan fingerprint density at radius 3 is 2.53 bits per heavy atom. The largest absolute Gasteiger partial charge is 0.391 e. The Balaban J connectivity index is 1.51. The summed E-state index contributed by atoms with van der Waals surface area (Å²) in [4.78, 5) is 18.0. The molecule has 2 heterocycles. The molecule has 32 heavy (non-hydrogen) atoms. The van der Waals surface area contributed by atoms with Crippen LogP contribution in [0.5, 0.6) is 0 Å².